The molecule has 0 fully saturated rings. The van der Waals surface area contributed by atoms with E-state index >= 15 is 0 Å². The van der Waals surface area contributed by atoms with Crippen LogP contribution in [0.15, 0.2) is 42.7 Å². The number of nitrogens with two attached hydrogens (primary N) is 1. The van der Waals surface area contributed by atoms with Crippen molar-refractivity contribution < 1.29 is 18.7 Å². The number of benzene rings is 1. The summed E-state index contributed by atoms with van der Waals surface area (Å²) < 4.78 is 21.4. The second-order valence-electron chi connectivity index (χ2n) is 8.95. The Balaban J connectivity index is 1.61. The van der Waals surface area contributed by atoms with E-state index in [0.717, 1.165) is 11.8 Å². The first-order valence-electron chi connectivity index (χ1n) is 12.2. The monoisotopic (exact) mass is 518 g/mol. The van der Waals surface area contributed by atoms with E-state index in [-0.39, 0.29) is 54.2 Å². The van der Waals surface area contributed by atoms with Crippen LogP contribution in [0.2, 0.25) is 0 Å². The van der Waals surface area contributed by atoms with Gasteiger partial charge in [-0.1, -0.05) is 24.3 Å². The smallest absolute Gasteiger partial charge is 0.256 e. The lowest BCUT2D eigenvalue weighted by molar-refractivity contribution is -0.120. The molecule has 0 radical (unpaired) electrons. The van der Waals surface area contributed by atoms with Gasteiger partial charge in [-0.2, -0.15) is 9.61 Å². The van der Waals surface area contributed by atoms with Crippen molar-refractivity contribution in [3.05, 3.63) is 65.2 Å². The molecule has 0 aliphatic carbocycles. The molecule has 1 unspecified atom stereocenters. The van der Waals surface area contributed by atoms with Crippen molar-refractivity contribution in [1.82, 2.24) is 30.2 Å². The number of amides is 2. The minimum absolute atomic E-state index is 0.0686. The Morgan fingerprint density at radius 1 is 1.26 bits per heavy atom. The molecule has 196 valence electrons. The molecular weight excluding hydrogens is 491 g/mol. The number of aromatic nitrogens is 4. The number of nitrogens with zero attached hydrogens (tertiary/aromatic N) is 4. The zero-order valence-electron chi connectivity index (χ0n) is 20.9. The van der Waals surface area contributed by atoms with Gasteiger partial charge in [0.15, 0.2) is 5.65 Å². The summed E-state index contributed by atoms with van der Waals surface area (Å²) in [6, 6.07) is 8.69. The van der Waals surface area contributed by atoms with Crippen molar-refractivity contribution >= 4 is 29.1 Å². The minimum atomic E-state index is -0.511. The predicted octanol–water partition coefficient (Wildman–Crippen LogP) is 2.31. The van der Waals surface area contributed by atoms with Crippen LogP contribution in [0.4, 0.5) is 16.0 Å². The quantitative estimate of drug-likeness (QED) is 0.322. The summed E-state index contributed by atoms with van der Waals surface area (Å²) in [6.45, 7) is 4.52. The number of hydrogen-bond acceptors (Lipinski definition) is 8. The molecule has 0 saturated heterocycles. The van der Waals surface area contributed by atoms with E-state index in [9.17, 15) is 14.0 Å². The van der Waals surface area contributed by atoms with Crippen molar-refractivity contribution in [1.29, 1.82) is 0 Å². The first kappa shape index (κ1) is 24.9. The van der Waals surface area contributed by atoms with Gasteiger partial charge in [0.25, 0.3) is 5.91 Å². The number of likely N-dealkylation sites (N-methyl/N-ethyl adjacent to an activating group) is 1. The molecule has 5 N–H and O–H groups in total. The molecule has 1 atom stereocenters. The largest absolute Gasteiger partial charge is 0.473 e. The number of carbonyl (C=O) groups excluding carboxylic acids is 2. The van der Waals surface area contributed by atoms with Gasteiger partial charge in [-0.3, -0.25) is 9.59 Å². The Morgan fingerprint density at radius 3 is 2.82 bits per heavy atom. The summed E-state index contributed by atoms with van der Waals surface area (Å²) >= 11 is 0. The molecule has 2 bridgehead atoms. The number of hydrogen-bond donors (Lipinski definition) is 4. The third kappa shape index (κ3) is 4.92. The van der Waals surface area contributed by atoms with Gasteiger partial charge in [0.1, 0.15) is 29.1 Å². The molecule has 4 heterocycles. The van der Waals surface area contributed by atoms with Gasteiger partial charge in [-0.15, -0.1) is 0 Å². The lowest BCUT2D eigenvalue weighted by Crippen LogP contribution is -2.33. The second kappa shape index (κ2) is 10.3. The first-order chi connectivity index (χ1) is 18.3. The summed E-state index contributed by atoms with van der Waals surface area (Å²) in [4.78, 5) is 33.7. The SMILES string of the molecule is CCNC(=O)Cc1ccc(-c2c3nc4c(cnn4c2N)C(=O)NCC(C)Oc2ncc(F)cc2CN3)cc1. The third-order valence-corrected chi connectivity index (χ3v) is 6.11. The number of nitrogens with one attached hydrogen (secondary N) is 3. The molecule has 0 saturated carbocycles. The van der Waals surface area contributed by atoms with Gasteiger partial charge in [0.05, 0.1) is 30.9 Å². The molecule has 38 heavy (non-hydrogen) atoms. The molecule has 2 amide bonds. The highest BCUT2D eigenvalue weighted by atomic mass is 19.1. The molecule has 1 aliphatic rings. The maximum absolute atomic E-state index is 14.1. The molecule has 4 aromatic rings. The van der Waals surface area contributed by atoms with Gasteiger partial charge in [0.2, 0.25) is 11.8 Å². The number of nitrogen functional groups attached to an aromatic ring is 1. The Kier molecular flexibility index (Phi) is 6.77. The van der Waals surface area contributed by atoms with Crippen molar-refractivity contribution in [3.8, 4) is 17.0 Å². The Labute approximate surface area is 217 Å². The summed E-state index contributed by atoms with van der Waals surface area (Å²) in [5.41, 5.74) is 9.65. The highest BCUT2D eigenvalue weighted by Gasteiger charge is 2.23. The Morgan fingerprint density at radius 2 is 2.05 bits per heavy atom. The van der Waals surface area contributed by atoms with Gasteiger partial charge >= 0.3 is 0 Å². The lowest BCUT2D eigenvalue weighted by atomic mass is 10.0. The van der Waals surface area contributed by atoms with Crippen molar-refractivity contribution in [2.24, 2.45) is 0 Å². The van der Waals surface area contributed by atoms with E-state index in [1.807, 2.05) is 31.2 Å². The number of rotatable bonds is 4. The number of halogens is 1. The van der Waals surface area contributed by atoms with Crippen LogP contribution in [0.5, 0.6) is 5.88 Å². The number of ether oxygens (including phenoxy) is 1. The lowest BCUT2D eigenvalue weighted by Gasteiger charge is -2.18. The molecular formula is C26H27FN8O3. The first-order valence-corrected chi connectivity index (χ1v) is 12.2. The van der Waals surface area contributed by atoms with Crippen molar-refractivity contribution in [2.75, 3.05) is 24.1 Å². The van der Waals surface area contributed by atoms with Crippen LogP contribution < -0.4 is 26.4 Å². The van der Waals surface area contributed by atoms with Gasteiger partial charge in [-0.05, 0) is 31.0 Å². The fourth-order valence-electron chi connectivity index (χ4n) is 4.27. The molecule has 3 aromatic heterocycles. The summed E-state index contributed by atoms with van der Waals surface area (Å²) in [5.74, 6) is -0.103. The van der Waals surface area contributed by atoms with E-state index in [1.165, 1.54) is 16.8 Å². The Bertz CT molecular complexity index is 1520. The zero-order valence-corrected chi connectivity index (χ0v) is 20.9. The fraction of sp³-hybridized carbons (Fsp3) is 0.269. The van der Waals surface area contributed by atoms with Crippen LogP contribution in [0, 0.1) is 5.82 Å². The van der Waals surface area contributed by atoms with E-state index in [1.54, 1.807) is 6.92 Å². The van der Waals surface area contributed by atoms with Gasteiger partial charge in [-0.25, -0.2) is 14.4 Å². The van der Waals surface area contributed by atoms with E-state index in [0.29, 0.717) is 29.1 Å². The number of fused-ring (bicyclic) bond motifs is 2. The summed E-state index contributed by atoms with van der Waals surface area (Å²) in [6.07, 6.45) is 2.30. The van der Waals surface area contributed by atoms with Crippen LogP contribution >= 0.6 is 0 Å². The van der Waals surface area contributed by atoms with Crippen LogP contribution in [0.3, 0.4) is 0 Å². The van der Waals surface area contributed by atoms with Gasteiger partial charge in [0, 0.05) is 18.7 Å². The molecule has 11 nitrogen and oxygen atoms in total. The average Bonchev–Trinajstić information content (AvgIpc) is 3.32. The van der Waals surface area contributed by atoms with Crippen LogP contribution in [0.25, 0.3) is 16.8 Å². The molecule has 1 aliphatic heterocycles. The third-order valence-electron chi connectivity index (χ3n) is 6.11. The fourth-order valence-corrected chi connectivity index (χ4v) is 4.27. The van der Waals surface area contributed by atoms with Crippen molar-refractivity contribution in [3.63, 3.8) is 0 Å². The summed E-state index contributed by atoms with van der Waals surface area (Å²) in [5, 5.41) is 13.1. The minimum Gasteiger partial charge on any atom is -0.473 e. The Hall–Kier alpha value is -4.74. The van der Waals surface area contributed by atoms with Crippen LogP contribution in [-0.4, -0.2) is 50.6 Å². The predicted molar refractivity (Wildman–Crippen MR) is 139 cm³/mol. The highest BCUT2D eigenvalue weighted by Crippen LogP contribution is 2.34. The normalized spacial score (nSPS) is 15.3. The van der Waals surface area contributed by atoms with E-state index < -0.39 is 11.9 Å². The molecule has 5 rings (SSSR count). The van der Waals surface area contributed by atoms with E-state index in [4.69, 9.17) is 15.5 Å². The highest BCUT2D eigenvalue weighted by molar-refractivity contribution is 6.01. The molecule has 0 spiro atoms. The zero-order chi connectivity index (χ0) is 26.8. The van der Waals surface area contributed by atoms with Crippen molar-refractivity contribution in [2.45, 2.75) is 32.9 Å². The number of pyridine rings is 1. The number of carbonyl (C=O) groups is 2. The molecule has 12 heteroatoms. The van der Waals surface area contributed by atoms with Crippen LogP contribution in [-0.2, 0) is 17.8 Å². The maximum atomic E-state index is 14.1. The second-order valence-corrected chi connectivity index (χ2v) is 8.95. The standard InChI is InChI=1S/C26H27FN8O3/c1-3-29-20(36)8-15-4-6-16(7-5-15)21-22(28)35-24-19(13-33-35)25(37)31-10-14(2)38-26-17(9-18(27)12-32-26)11-30-23(21)34-24/h4-7,9,12-14H,3,8,10-11,28H2,1-2H3,(H,29,36)(H,30,34)(H,31,37). The maximum Gasteiger partial charge on any atom is 0.256 e. The molecule has 1 aromatic carbocycles. The average molecular weight is 519 g/mol. The van der Waals surface area contributed by atoms with Crippen LogP contribution in [0.1, 0.15) is 35.3 Å². The topological polar surface area (TPSA) is 149 Å². The number of anilines is 2. The van der Waals surface area contributed by atoms with E-state index in [2.05, 4.69) is 26.0 Å². The van der Waals surface area contributed by atoms with Gasteiger partial charge < -0.3 is 26.4 Å². The summed E-state index contributed by atoms with van der Waals surface area (Å²) in [7, 11) is 0.